The second-order valence-corrected chi connectivity index (χ2v) is 15.1. The molecule has 0 fully saturated rings. The van der Waals surface area contributed by atoms with E-state index in [-0.39, 0.29) is 16.2 Å². The fourth-order valence-electron chi connectivity index (χ4n) is 6.94. The molecule has 0 saturated carbocycles. The number of rotatable bonds is 5. The molecule has 0 aliphatic heterocycles. The molecule has 0 atom stereocenters. The summed E-state index contributed by atoms with van der Waals surface area (Å²) in [5.74, 6) is 0.664. The normalized spacial score (nSPS) is 16.0. The van der Waals surface area contributed by atoms with Gasteiger partial charge in [0, 0.05) is 11.3 Å². The summed E-state index contributed by atoms with van der Waals surface area (Å²) in [6.07, 6.45) is 0. The van der Waals surface area contributed by atoms with Gasteiger partial charge in [-0.1, -0.05) is 175 Å². The van der Waals surface area contributed by atoms with Gasteiger partial charge in [-0.3, -0.25) is 0 Å². The lowest BCUT2D eigenvalue weighted by atomic mass is 9.59. The van der Waals surface area contributed by atoms with E-state index in [9.17, 15) is 0 Å². The van der Waals surface area contributed by atoms with Crippen LogP contribution in [0.25, 0.3) is 16.8 Å². The molecule has 0 amide bonds. The summed E-state index contributed by atoms with van der Waals surface area (Å²) in [7, 11) is 0. The Bertz CT molecular complexity index is 2000. The van der Waals surface area contributed by atoms with E-state index in [4.69, 9.17) is 9.98 Å². The first-order valence-electron chi connectivity index (χ1n) is 17.4. The van der Waals surface area contributed by atoms with Crippen LogP contribution < -0.4 is 0 Å². The SMILES string of the molecule is C=C(N=C(N=C(C)c1ccc(C)cc1)c1ccccc1)c1ccccc1.Cc1ccccc1-c1cc2c(cc1C)C(C)(C)C(C)(C)C2(C)C. The monoisotopic (exact) mass is 644 g/mol. The molecule has 2 nitrogen and oxygen atoms in total. The van der Waals surface area contributed by atoms with E-state index in [1.807, 2.05) is 67.6 Å². The molecule has 0 N–H and O–H groups in total. The van der Waals surface area contributed by atoms with Gasteiger partial charge in [0.15, 0.2) is 5.84 Å². The molecule has 0 aromatic heterocycles. The quantitative estimate of drug-likeness (QED) is 0.134. The van der Waals surface area contributed by atoms with Crippen LogP contribution in [0.3, 0.4) is 0 Å². The minimum atomic E-state index is 0.164. The molecular formula is C47H52N2. The molecule has 0 heterocycles. The smallest absolute Gasteiger partial charge is 0.160 e. The Morgan fingerprint density at radius 2 is 1.02 bits per heavy atom. The van der Waals surface area contributed by atoms with Crippen molar-refractivity contribution in [2.45, 2.75) is 80.1 Å². The van der Waals surface area contributed by atoms with Crippen molar-refractivity contribution in [3.8, 4) is 11.1 Å². The van der Waals surface area contributed by atoms with Crippen molar-refractivity contribution in [3.05, 3.63) is 172 Å². The highest BCUT2D eigenvalue weighted by atomic mass is 14.9. The molecule has 0 spiro atoms. The van der Waals surface area contributed by atoms with E-state index in [2.05, 4.69) is 130 Å². The van der Waals surface area contributed by atoms with Crippen LogP contribution in [-0.2, 0) is 10.8 Å². The lowest BCUT2D eigenvalue weighted by Gasteiger charge is -2.44. The van der Waals surface area contributed by atoms with E-state index in [0.717, 1.165) is 22.4 Å². The standard InChI is InChI=1S/C24H22N2.C23H30/c1-18-14-16-22(17-15-18)20(3)26-24(23-12-8-5-9-13-23)25-19(2)21-10-6-4-7-11-21;1-15-11-9-10-12-17(15)18-14-20-19(13-16(18)2)21(3,4)23(7,8)22(20,5)6/h4-17H,2H2,1,3H3;9-14H,1-8H3. The van der Waals surface area contributed by atoms with Crippen molar-refractivity contribution >= 4 is 17.2 Å². The molecule has 5 aromatic carbocycles. The second kappa shape index (κ2) is 14.0. The van der Waals surface area contributed by atoms with Gasteiger partial charge in [-0.15, -0.1) is 0 Å². The Kier molecular flexibility index (Phi) is 10.1. The zero-order valence-corrected chi connectivity index (χ0v) is 31.1. The minimum absolute atomic E-state index is 0.164. The largest absolute Gasteiger partial charge is 0.233 e. The highest BCUT2D eigenvalue weighted by Crippen LogP contribution is 2.62. The third kappa shape index (κ3) is 7.01. The number of hydrogen-bond donors (Lipinski definition) is 0. The molecule has 2 heteroatoms. The van der Waals surface area contributed by atoms with Crippen molar-refractivity contribution in [1.29, 1.82) is 0 Å². The van der Waals surface area contributed by atoms with Gasteiger partial charge in [0.1, 0.15) is 0 Å². The minimum Gasteiger partial charge on any atom is -0.233 e. The van der Waals surface area contributed by atoms with Crippen LogP contribution in [0.1, 0.15) is 93.0 Å². The molecule has 0 saturated heterocycles. The van der Waals surface area contributed by atoms with Gasteiger partial charge in [0.2, 0.25) is 0 Å². The van der Waals surface area contributed by atoms with Crippen molar-refractivity contribution in [3.63, 3.8) is 0 Å². The van der Waals surface area contributed by atoms with E-state index in [0.29, 0.717) is 11.5 Å². The van der Waals surface area contributed by atoms with Gasteiger partial charge in [0.25, 0.3) is 0 Å². The van der Waals surface area contributed by atoms with Gasteiger partial charge < -0.3 is 0 Å². The van der Waals surface area contributed by atoms with Gasteiger partial charge >= 0.3 is 0 Å². The maximum absolute atomic E-state index is 4.82. The molecule has 5 aromatic rings. The highest BCUT2D eigenvalue weighted by molar-refractivity contribution is 6.12. The average molecular weight is 645 g/mol. The third-order valence-corrected chi connectivity index (χ3v) is 11.4. The van der Waals surface area contributed by atoms with Crippen molar-refractivity contribution < 1.29 is 0 Å². The van der Waals surface area contributed by atoms with E-state index in [1.165, 1.54) is 38.9 Å². The van der Waals surface area contributed by atoms with Crippen LogP contribution in [-0.4, -0.2) is 11.5 Å². The van der Waals surface area contributed by atoms with Crippen molar-refractivity contribution in [2.24, 2.45) is 15.4 Å². The lowest BCUT2D eigenvalue weighted by molar-refractivity contribution is 0.125. The Balaban J connectivity index is 0.000000192. The Labute approximate surface area is 295 Å². The lowest BCUT2D eigenvalue weighted by Crippen LogP contribution is -2.42. The molecule has 6 rings (SSSR count). The summed E-state index contributed by atoms with van der Waals surface area (Å²) in [6, 6.07) is 42.0. The topological polar surface area (TPSA) is 24.7 Å². The van der Waals surface area contributed by atoms with Crippen LogP contribution >= 0.6 is 0 Å². The fourth-order valence-corrected chi connectivity index (χ4v) is 6.94. The zero-order chi connectivity index (χ0) is 35.6. The number of aryl methyl sites for hydroxylation is 3. The molecule has 49 heavy (non-hydrogen) atoms. The van der Waals surface area contributed by atoms with E-state index >= 15 is 0 Å². The van der Waals surface area contributed by atoms with Gasteiger partial charge in [0.05, 0.1) is 5.70 Å². The molecule has 250 valence electrons. The summed E-state index contributed by atoms with van der Waals surface area (Å²) in [5.41, 5.74) is 15.0. The first-order chi connectivity index (χ1) is 23.1. The summed E-state index contributed by atoms with van der Waals surface area (Å²) in [4.78, 5) is 9.55. The molecule has 0 radical (unpaired) electrons. The summed E-state index contributed by atoms with van der Waals surface area (Å²) >= 11 is 0. The van der Waals surface area contributed by atoms with Crippen LogP contribution in [0, 0.1) is 26.2 Å². The predicted octanol–water partition coefficient (Wildman–Crippen LogP) is 12.5. The van der Waals surface area contributed by atoms with Crippen molar-refractivity contribution in [1.82, 2.24) is 0 Å². The molecule has 0 bridgehead atoms. The number of amidine groups is 1. The first kappa shape index (κ1) is 35.5. The highest BCUT2D eigenvalue weighted by Gasteiger charge is 2.56. The predicted molar refractivity (Wildman–Crippen MR) is 213 cm³/mol. The van der Waals surface area contributed by atoms with Crippen LogP contribution in [0.2, 0.25) is 0 Å². The third-order valence-electron chi connectivity index (χ3n) is 11.4. The van der Waals surface area contributed by atoms with Crippen LogP contribution in [0.15, 0.2) is 138 Å². The molecule has 1 aliphatic carbocycles. The number of benzene rings is 5. The summed E-state index contributed by atoms with van der Waals surface area (Å²) in [5, 5.41) is 0. The molecule has 1 aliphatic rings. The maximum atomic E-state index is 4.82. The Morgan fingerprint density at radius 3 is 1.59 bits per heavy atom. The van der Waals surface area contributed by atoms with E-state index < -0.39 is 0 Å². The van der Waals surface area contributed by atoms with Gasteiger partial charge in [-0.05, 0) is 88.4 Å². The number of hydrogen-bond acceptors (Lipinski definition) is 1. The zero-order valence-electron chi connectivity index (χ0n) is 31.1. The second-order valence-electron chi connectivity index (χ2n) is 15.1. The molecular weight excluding hydrogens is 593 g/mol. The maximum Gasteiger partial charge on any atom is 0.160 e. The number of fused-ring (bicyclic) bond motifs is 1. The van der Waals surface area contributed by atoms with E-state index in [1.54, 1.807) is 0 Å². The fraction of sp³-hybridized carbons (Fsp3) is 0.277. The first-order valence-corrected chi connectivity index (χ1v) is 17.4. The van der Waals surface area contributed by atoms with Gasteiger partial charge in [-0.2, -0.15) is 0 Å². The Morgan fingerprint density at radius 1 is 0.510 bits per heavy atom. The van der Waals surface area contributed by atoms with Crippen LogP contribution in [0.4, 0.5) is 0 Å². The number of nitrogens with zero attached hydrogens (tertiary/aromatic N) is 2. The summed E-state index contributed by atoms with van der Waals surface area (Å²) in [6.45, 7) is 27.2. The molecule has 0 unspecified atom stereocenters. The van der Waals surface area contributed by atoms with Crippen LogP contribution in [0.5, 0.6) is 0 Å². The van der Waals surface area contributed by atoms with Gasteiger partial charge in [-0.25, -0.2) is 9.98 Å². The summed E-state index contributed by atoms with van der Waals surface area (Å²) < 4.78 is 0. The Hall–Kier alpha value is -4.82. The van der Waals surface area contributed by atoms with Crippen molar-refractivity contribution in [2.75, 3.05) is 0 Å². The number of aliphatic imine (C=N–C) groups is 2. The average Bonchev–Trinajstić information content (AvgIpc) is 3.18.